The summed E-state index contributed by atoms with van der Waals surface area (Å²) in [5.74, 6) is -4.94. The van der Waals surface area contributed by atoms with Crippen LogP contribution in [0, 0.1) is 5.41 Å². The van der Waals surface area contributed by atoms with Crippen LogP contribution in [-0.4, -0.2) is 101 Å². The van der Waals surface area contributed by atoms with Crippen molar-refractivity contribution in [1.29, 1.82) is 5.41 Å². The Morgan fingerprint density at radius 2 is 1.10 bits per heavy atom. The lowest BCUT2D eigenvalue weighted by atomic mass is 9.98. The van der Waals surface area contributed by atoms with Crippen molar-refractivity contribution >= 4 is 70.5 Å². The number of ether oxygens (including phenoxy) is 9. The Hall–Kier alpha value is -2.43. The first kappa shape index (κ1) is 34.8. The van der Waals surface area contributed by atoms with E-state index < -0.39 is 101 Å². The Balaban J connectivity index is 2.55. The molecule has 1 N–H and O–H groups in total. The summed E-state index contributed by atoms with van der Waals surface area (Å²) in [6, 6.07) is 0. The molecule has 2 fully saturated rings. The standard InChI is InChI=1S/C23H30Cl3NO14/c1-8-15(36-10(3)29)17(37-11(4)30)19(39-13(6)32)21(34-8)40-16-14(35-9(2)28)7-33-20(18(16)38-12(5)31)41-22(27)23(24,25)26/h8,14-21,27H,7H2,1-6H3/t8-,14+,15-,16-,17+,18+,19+,20?,21-/m0/s1. The normalized spacial score (nSPS) is 31.7. The fourth-order valence-corrected chi connectivity index (χ4v) is 4.19. The maximum absolute atomic E-state index is 12.1. The summed E-state index contributed by atoms with van der Waals surface area (Å²) < 4.78 is 47.1. The minimum absolute atomic E-state index is 0.427. The topological polar surface area (TPSA) is 192 Å². The van der Waals surface area contributed by atoms with Crippen molar-refractivity contribution < 1.29 is 66.6 Å². The smallest absolute Gasteiger partial charge is 0.303 e. The van der Waals surface area contributed by atoms with Crippen LogP contribution in [0.3, 0.4) is 0 Å². The SMILES string of the molecule is CC(=O)O[C@@H]1[C@@H](OC(C)=O)[C@H](C)O[C@@H](O[C@H]2[C@H](OC(C)=O)COC(OC(=N)C(Cl)(Cl)Cl)[C@@H]2OC(C)=O)[C@@H]1OC(C)=O. The van der Waals surface area contributed by atoms with Crippen LogP contribution in [0.2, 0.25) is 0 Å². The molecule has 0 aromatic rings. The van der Waals surface area contributed by atoms with Gasteiger partial charge in [-0.15, -0.1) is 0 Å². The van der Waals surface area contributed by atoms with E-state index >= 15 is 0 Å². The minimum atomic E-state index is -2.32. The highest BCUT2D eigenvalue weighted by atomic mass is 35.6. The zero-order chi connectivity index (χ0) is 31.2. The molecule has 0 aromatic heterocycles. The van der Waals surface area contributed by atoms with E-state index in [2.05, 4.69) is 0 Å². The predicted octanol–water partition coefficient (Wildman–Crippen LogP) is 1.50. The van der Waals surface area contributed by atoms with E-state index in [-0.39, 0.29) is 0 Å². The van der Waals surface area contributed by atoms with E-state index in [0.717, 1.165) is 34.6 Å². The molecular formula is C23H30Cl3NO14. The lowest BCUT2D eigenvalue weighted by Gasteiger charge is -2.47. The molecule has 0 bridgehead atoms. The quantitative estimate of drug-likeness (QED) is 0.131. The fraction of sp³-hybridized carbons (Fsp3) is 0.739. The third-order valence-corrected chi connectivity index (χ3v) is 5.93. The van der Waals surface area contributed by atoms with Crippen molar-refractivity contribution in [1.82, 2.24) is 0 Å². The largest absolute Gasteiger partial charge is 0.457 e. The second kappa shape index (κ2) is 14.6. The van der Waals surface area contributed by atoms with Crippen LogP contribution in [-0.2, 0) is 66.6 Å². The maximum atomic E-state index is 12.1. The fourth-order valence-electron chi connectivity index (χ4n) is 4.06. The molecule has 2 saturated heterocycles. The van der Waals surface area contributed by atoms with Gasteiger partial charge in [-0.2, -0.15) is 0 Å². The second-order valence-electron chi connectivity index (χ2n) is 8.90. The lowest BCUT2D eigenvalue weighted by Crippen LogP contribution is -2.65. The highest BCUT2D eigenvalue weighted by molar-refractivity contribution is 6.76. The number of rotatable bonds is 8. The average molecular weight is 651 g/mol. The van der Waals surface area contributed by atoms with Crippen LogP contribution in [0.25, 0.3) is 0 Å². The molecule has 41 heavy (non-hydrogen) atoms. The molecule has 18 heteroatoms. The molecular weight excluding hydrogens is 621 g/mol. The Morgan fingerprint density at radius 3 is 1.56 bits per heavy atom. The van der Waals surface area contributed by atoms with Crippen molar-refractivity contribution in [3.05, 3.63) is 0 Å². The van der Waals surface area contributed by atoms with Crippen LogP contribution >= 0.6 is 34.8 Å². The van der Waals surface area contributed by atoms with Crippen LogP contribution in [0.15, 0.2) is 0 Å². The first-order valence-electron chi connectivity index (χ1n) is 12.0. The van der Waals surface area contributed by atoms with E-state index in [1.54, 1.807) is 0 Å². The Labute approximate surface area is 249 Å². The third kappa shape index (κ3) is 10.1. The summed E-state index contributed by atoms with van der Waals surface area (Å²) in [7, 11) is 0. The van der Waals surface area contributed by atoms with Gasteiger partial charge in [-0.1, -0.05) is 34.8 Å². The van der Waals surface area contributed by atoms with Crippen molar-refractivity contribution in [3.8, 4) is 0 Å². The number of nitrogens with one attached hydrogen (secondary N) is 1. The zero-order valence-corrected chi connectivity index (χ0v) is 25.0. The predicted molar refractivity (Wildman–Crippen MR) is 136 cm³/mol. The van der Waals surface area contributed by atoms with Crippen molar-refractivity contribution in [2.24, 2.45) is 0 Å². The highest BCUT2D eigenvalue weighted by Gasteiger charge is 2.55. The number of carbonyl (C=O) groups is 5. The van der Waals surface area contributed by atoms with Gasteiger partial charge in [0.2, 0.25) is 12.2 Å². The van der Waals surface area contributed by atoms with Gasteiger partial charge in [0, 0.05) is 34.6 Å². The molecule has 0 spiro atoms. The van der Waals surface area contributed by atoms with Gasteiger partial charge in [0.15, 0.2) is 36.8 Å². The summed E-state index contributed by atoms with van der Waals surface area (Å²) in [6.07, 6.45) is -12.8. The molecule has 2 heterocycles. The van der Waals surface area contributed by atoms with Crippen LogP contribution < -0.4 is 0 Å². The average Bonchev–Trinajstić information content (AvgIpc) is 2.80. The van der Waals surface area contributed by atoms with E-state index in [4.69, 9.17) is 82.8 Å². The molecule has 0 radical (unpaired) electrons. The van der Waals surface area contributed by atoms with Gasteiger partial charge in [0.25, 0.3) is 3.79 Å². The van der Waals surface area contributed by atoms with Gasteiger partial charge in [0.05, 0.1) is 12.7 Å². The first-order chi connectivity index (χ1) is 18.9. The summed E-state index contributed by atoms with van der Waals surface area (Å²) >= 11 is 17.1. The van der Waals surface area contributed by atoms with Gasteiger partial charge in [0.1, 0.15) is 6.10 Å². The van der Waals surface area contributed by atoms with Crippen LogP contribution in [0.5, 0.6) is 0 Å². The molecule has 232 valence electrons. The molecule has 15 nitrogen and oxygen atoms in total. The molecule has 0 amide bonds. The number of carbonyl (C=O) groups excluding carboxylic acids is 5. The minimum Gasteiger partial charge on any atom is -0.457 e. The van der Waals surface area contributed by atoms with E-state index in [9.17, 15) is 24.0 Å². The zero-order valence-electron chi connectivity index (χ0n) is 22.8. The number of hydrogen-bond donors (Lipinski definition) is 1. The number of hydrogen-bond acceptors (Lipinski definition) is 15. The highest BCUT2D eigenvalue weighted by Crippen LogP contribution is 2.35. The Kier molecular flexibility index (Phi) is 12.4. The Bertz CT molecular complexity index is 1020. The number of esters is 5. The summed E-state index contributed by atoms with van der Waals surface area (Å²) in [4.78, 5) is 59.7. The molecule has 1 unspecified atom stereocenters. The first-order valence-corrected chi connectivity index (χ1v) is 13.1. The molecule has 9 atom stereocenters. The molecule has 2 aliphatic rings. The summed E-state index contributed by atoms with van der Waals surface area (Å²) in [5, 5.41) is 7.90. The van der Waals surface area contributed by atoms with Gasteiger partial charge >= 0.3 is 29.8 Å². The maximum Gasteiger partial charge on any atom is 0.303 e. The van der Waals surface area contributed by atoms with Crippen molar-refractivity contribution in [3.63, 3.8) is 0 Å². The molecule has 2 aliphatic heterocycles. The number of alkyl halides is 3. The van der Waals surface area contributed by atoms with Crippen LogP contribution in [0.4, 0.5) is 0 Å². The molecule has 2 rings (SSSR count). The summed E-state index contributed by atoms with van der Waals surface area (Å²) in [5.41, 5.74) is 0. The molecule has 0 aromatic carbocycles. The van der Waals surface area contributed by atoms with Gasteiger partial charge in [-0.3, -0.25) is 29.4 Å². The number of halogens is 3. The van der Waals surface area contributed by atoms with Gasteiger partial charge in [-0.05, 0) is 6.92 Å². The van der Waals surface area contributed by atoms with Crippen molar-refractivity contribution in [2.45, 2.75) is 101 Å². The lowest BCUT2D eigenvalue weighted by molar-refractivity contribution is -0.343. The van der Waals surface area contributed by atoms with E-state index in [1.807, 2.05) is 0 Å². The van der Waals surface area contributed by atoms with Crippen molar-refractivity contribution in [2.75, 3.05) is 6.61 Å². The summed E-state index contributed by atoms with van der Waals surface area (Å²) in [6.45, 7) is 6.44. The Morgan fingerprint density at radius 1 is 0.659 bits per heavy atom. The molecule has 0 aliphatic carbocycles. The third-order valence-electron chi connectivity index (χ3n) is 5.42. The monoisotopic (exact) mass is 649 g/mol. The van der Waals surface area contributed by atoms with Gasteiger partial charge < -0.3 is 42.6 Å². The molecule has 0 saturated carbocycles. The second-order valence-corrected chi connectivity index (χ2v) is 11.2. The van der Waals surface area contributed by atoms with E-state index in [0.29, 0.717) is 0 Å². The van der Waals surface area contributed by atoms with E-state index in [1.165, 1.54) is 6.92 Å². The van der Waals surface area contributed by atoms with Gasteiger partial charge in [-0.25, -0.2) is 0 Å². The van der Waals surface area contributed by atoms with Crippen LogP contribution in [0.1, 0.15) is 41.5 Å².